The monoisotopic (exact) mass is 315 g/mol. The van der Waals surface area contributed by atoms with Crippen LogP contribution < -0.4 is 5.32 Å². The number of thiazole rings is 1. The fourth-order valence-corrected chi connectivity index (χ4v) is 4.64. The second kappa shape index (κ2) is 5.61. The van der Waals surface area contributed by atoms with Crippen molar-refractivity contribution in [2.75, 3.05) is 5.32 Å². The summed E-state index contributed by atoms with van der Waals surface area (Å²) in [4.78, 5) is 21.2. The Balaban J connectivity index is 1.66. The van der Waals surface area contributed by atoms with Gasteiger partial charge in [0.1, 0.15) is 0 Å². The molecule has 0 saturated heterocycles. The van der Waals surface area contributed by atoms with Crippen molar-refractivity contribution in [1.82, 2.24) is 9.97 Å². The summed E-state index contributed by atoms with van der Waals surface area (Å²) in [6.45, 7) is 2.34. The van der Waals surface area contributed by atoms with Gasteiger partial charge in [-0.25, -0.2) is 9.97 Å². The molecule has 2 aliphatic rings. The Kier molecular flexibility index (Phi) is 3.60. The molecule has 0 radical (unpaired) electrons. The van der Waals surface area contributed by atoms with Crippen LogP contribution in [0.3, 0.4) is 0 Å². The lowest BCUT2D eigenvalue weighted by atomic mass is 9.81. The summed E-state index contributed by atoms with van der Waals surface area (Å²) in [6.07, 6.45) is 8.94. The topological polar surface area (TPSA) is 54.9 Å². The van der Waals surface area contributed by atoms with Gasteiger partial charge in [-0.15, -0.1) is 11.3 Å². The van der Waals surface area contributed by atoms with E-state index in [0.29, 0.717) is 17.7 Å². The van der Waals surface area contributed by atoms with Crippen LogP contribution in [0.1, 0.15) is 56.4 Å². The van der Waals surface area contributed by atoms with Gasteiger partial charge >= 0.3 is 0 Å². The van der Waals surface area contributed by atoms with Crippen molar-refractivity contribution in [2.24, 2.45) is 11.8 Å². The highest BCUT2D eigenvalue weighted by Gasteiger charge is 2.31. The van der Waals surface area contributed by atoms with Crippen molar-refractivity contribution < 1.29 is 4.79 Å². The number of carbonyl (C=O) groups is 1. The smallest absolute Gasteiger partial charge is 0.228 e. The molecule has 116 valence electrons. The van der Waals surface area contributed by atoms with Crippen LogP contribution in [0.15, 0.2) is 12.3 Å². The first-order chi connectivity index (χ1) is 10.7. The van der Waals surface area contributed by atoms with Gasteiger partial charge in [-0.1, -0.05) is 26.2 Å². The summed E-state index contributed by atoms with van der Waals surface area (Å²) in [5, 5.41) is 4.21. The zero-order valence-electron chi connectivity index (χ0n) is 12.8. The number of anilines is 1. The van der Waals surface area contributed by atoms with Crippen LogP contribution in [0.2, 0.25) is 0 Å². The molecule has 2 aromatic rings. The van der Waals surface area contributed by atoms with E-state index in [1.807, 2.05) is 6.07 Å². The molecule has 2 fully saturated rings. The highest BCUT2D eigenvalue weighted by molar-refractivity contribution is 7.19. The first kappa shape index (κ1) is 14.1. The van der Waals surface area contributed by atoms with E-state index in [2.05, 4.69) is 17.2 Å². The first-order valence-electron chi connectivity index (χ1n) is 8.28. The third-order valence-electron chi connectivity index (χ3n) is 4.94. The second-order valence-electron chi connectivity index (χ2n) is 6.69. The molecule has 2 saturated carbocycles. The molecule has 4 rings (SSSR count). The molecule has 5 heteroatoms. The van der Waals surface area contributed by atoms with E-state index in [4.69, 9.17) is 4.98 Å². The summed E-state index contributed by atoms with van der Waals surface area (Å²) >= 11 is 1.72. The van der Waals surface area contributed by atoms with Crippen LogP contribution in [0, 0.1) is 11.8 Å². The third kappa shape index (κ3) is 2.62. The van der Waals surface area contributed by atoms with E-state index < -0.39 is 0 Å². The average molecular weight is 315 g/mol. The number of amides is 1. The average Bonchev–Trinajstić information content (AvgIpc) is 3.27. The van der Waals surface area contributed by atoms with Crippen molar-refractivity contribution in [1.29, 1.82) is 0 Å². The van der Waals surface area contributed by atoms with Gasteiger partial charge in [-0.2, -0.15) is 0 Å². The number of carbonyl (C=O) groups excluding carboxylic acids is 1. The Bertz CT molecular complexity index is 707. The highest BCUT2D eigenvalue weighted by atomic mass is 32.1. The van der Waals surface area contributed by atoms with Crippen molar-refractivity contribution in [3.8, 4) is 0 Å². The van der Waals surface area contributed by atoms with Crippen LogP contribution in [0.4, 0.5) is 5.82 Å². The van der Waals surface area contributed by atoms with E-state index in [9.17, 15) is 4.79 Å². The summed E-state index contributed by atoms with van der Waals surface area (Å²) in [5.41, 5.74) is 0.971. The quantitative estimate of drug-likeness (QED) is 0.917. The van der Waals surface area contributed by atoms with Gasteiger partial charge in [0.2, 0.25) is 5.91 Å². The van der Waals surface area contributed by atoms with Gasteiger partial charge in [0, 0.05) is 18.0 Å². The Morgan fingerprint density at radius 2 is 2.09 bits per heavy atom. The SMILES string of the molecule is C[C@H]1CCCC[C@@H]1c1nc2ccnc(NC(=O)C3CC3)c2s1. The molecule has 1 N–H and O–H groups in total. The van der Waals surface area contributed by atoms with Crippen LogP contribution in [-0.4, -0.2) is 15.9 Å². The number of fused-ring (bicyclic) bond motifs is 1. The largest absolute Gasteiger partial charge is 0.309 e. The Labute approximate surface area is 134 Å². The van der Waals surface area contributed by atoms with Crippen LogP contribution in [0.5, 0.6) is 0 Å². The molecule has 0 unspecified atom stereocenters. The summed E-state index contributed by atoms with van der Waals surface area (Å²) in [6, 6.07) is 1.95. The molecule has 2 aromatic heterocycles. The highest BCUT2D eigenvalue weighted by Crippen LogP contribution is 2.41. The number of hydrogen-bond donors (Lipinski definition) is 1. The number of nitrogens with zero attached hydrogens (tertiary/aromatic N) is 2. The first-order valence-corrected chi connectivity index (χ1v) is 9.10. The number of rotatable bonds is 3. The molecular formula is C17H21N3OS. The van der Waals surface area contributed by atoms with Crippen LogP contribution in [0.25, 0.3) is 10.2 Å². The summed E-state index contributed by atoms with van der Waals surface area (Å²) < 4.78 is 1.03. The number of nitrogens with one attached hydrogen (secondary N) is 1. The minimum atomic E-state index is 0.112. The van der Waals surface area contributed by atoms with Gasteiger partial charge < -0.3 is 5.32 Å². The molecule has 2 atom stereocenters. The van der Waals surface area contributed by atoms with E-state index in [0.717, 1.165) is 23.1 Å². The lowest BCUT2D eigenvalue weighted by Crippen LogP contribution is -2.14. The molecule has 4 nitrogen and oxygen atoms in total. The van der Waals surface area contributed by atoms with Crippen LogP contribution >= 0.6 is 11.3 Å². The van der Waals surface area contributed by atoms with E-state index in [-0.39, 0.29) is 11.8 Å². The number of pyridine rings is 1. The van der Waals surface area contributed by atoms with Gasteiger partial charge in [0.05, 0.1) is 15.2 Å². The van der Waals surface area contributed by atoms with Gasteiger partial charge in [0.25, 0.3) is 0 Å². The molecule has 2 heterocycles. The maximum Gasteiger partial charge on any atom is 0.228 e. The minimum Gasteiger partial charge on any atom is -0.309 e. The lowest BCUT2D eigenvalue weighted by Gasteiger charge is -2.26. The van der Waals surface area contributed by atoms with Crippen LogP contribution in [-0.2, 0) is 4.79 Å². The minimum absolute atomic E-state index is 0.112. The van der Waals surface area contributed by atoms with Gasteiger partial charge in [-0.3, -0.25) is 4.79 Å². The molecule has 0 spiro atoms. The molecule has 0 aliphatic heterocycles. The molecule has 2 aliphatic carbocycles. The van der Waals surface area contributed by atoms with Gasteiger partial charge in [-0.05, 0) is 31.2 Å². The fourth-order valence-electron chi connectivity index (χ4n) is 3.37. The van der Waals surface area contributed by atoms with E-state index in [1.165, 1.54) is 30.7 Å². The van der Waals surface area contributed by atoms with Crippen molar-refractivity contribution in [2.45, 2.75) is 51.4 Å². The normalized spacial score (nSPS) is 25.3. The maximum absolute atomic E-state index is 12.0. The Morgan fingerprint density at radius 1 is 1.27 bits per heavy atom. The fraction of sp³-hybridized carbons (Fsp3) is 0.588. The molecule has 0 bridgehead atoms. The maximum atomic E-state index is 12.0. The summed E-state index contributed by atoms with van der Waals surface area (Å²) in [5.74, 6) is 2.27. The second-order valence-corrected chi connectivity index (χ2v) is 7.72. The van der Waals surface area contributed by atoms with E-state index >= 15 is 0 Å². The molecule has 0 aromatic carbocycles. The standard InChI is InChI=1S/C17H21N3OS/c1-10-4-2-3-5-12(10)17-19-13-8-9-18-15(14(13)22-17)20-16(21)11-6-7-11/h8-12H,2-7H2,1H3,(H,18,20,21)/t10-,12-/m0/s1. The predicted molar refractivity (Wildman–Crippen MR) is 89.1 cm³/mol. The van der Waals surface area contributed by atoms with E-state index in [1.54, 1.807) is 17.5 Å². The van der Waals surface area contributed by atoms with Crippen molar-refractivity contribution in [3.05, 3.63) is 17.3 Å². The predicted octanol–water partition coefficient (Wildman–Crippen LogP) is 4.33. The van der Waals surface area contributed by atoms with Crippen molar-refractivity contribution in [3.63, 3.8) is 0 Å². The number of aromatic nitrogens is 2. The Hall–Kier alpha value is -1.49. The summed E-state index contributed by atoms with van der Waals surface area (Å²) in [7, 11) is 0. The van der Waals surface area contributed by atoms with Crippen molar-refractivity contribution >= 4 is 33.3 Å². The Morgan fingerprint density at radius 3 is 2.86 bits per heavy atom. The molecule has 22 heavy (non-hydrogen) atoms. The third-order valence-corrected chi connectivity index (χ3v) is 6.15. The van der Waals surface area contributed by atoms with Gasteiger partial charge in [0.15, 0.2) is 5.82 Å². The zero-order valence-corrected chi connectivity index (χ0v) is 13.7. The zero-order chi connectivity index (χ0) is 15.1. The molecule has 1 amide bonds. The lowest BCUT2D eigenvalue weighted by molar-refractivity contribution is -0.117. The molecular weight excluding hydrogens is 294 g/mol. The number of hydrogen-bond acceptors (Lipinski definition) is 4.